The zero-order valence-electron chi connectivity index (χ0n) is 6.58. The molecule has 0 nitrogen and oxygen atoms in total. The molecule has 0 unspecified atom stereocenters. The zero-order valence-corrected chi connectivity index (χ0v) is 19.5. The molecule has 0 heterocycles. The highest BCUT2D eigenvalue weighted by Crippen LogP contribution is 2.50. The molecule has 0 aromatic heterocycles. The van der Waals surface area contributed by atoms with E-state index in [1.54, 1.807) is 0 Å². The Kier molecular flexibility index (Phi) is 6.89. The number of alkyl halides is 6. The molecule has 0 bridgehead atoms. The molecule has 14 heavy (non-hydrogen) atoms. The van der Waals surface area contributed by atoms with Crippen LogP contribution in [0.25, 0.3) is 0 Å². The number of hydrogen-bond acceptors (Lipinski definition) is 0. The second kappa shape index (κ2) is 6.16. The lowest BCUT2D eigenvalue weighted by Crippen LogP contribution is -2.02. The van der Waals surface area contributed by atoms with Crippen LogP contribution < -0.4 is 0 Å². The lowest BCUT2D eigenvalue weighted by atomic mass is 10.2. The third-order valence-electron chi connectivity index (χ3n) is 1.52. The summed E-state index contributed by atoms with van der Waals surface area (Å²) in [7, 11) is 0. The first-order chi connectivity index (χ1) is 6.21. The standard InChI is InChI=1S/C8H4I6/c9-7(10,11)5-2-1-3-6(4-5)8(12,13)14/h1-4H. The monoisotopic (exact) mass is 861 g/mol. The Balaban J connectivity index is 3.15. The van der Waals surface area contributed by atoms with E-state index in [0.717, 1.165) is 0 Å². The highest BCUT2D eigenvalue weighted by atomic mass is 127. The van der Waals surface area contributed by atoms with Gasteiger partial charge in [0.15, 0.2) is 0 Å². The van der Waals surface area contributed by atoms with E-state index in [-0.39, 0.29) is -1.13 Å². The lowest BCUT2D eigenvalue weighted by Gasteiger charge is -2.18. The van der Waals surface area contributed by atoms with Gasteiger partial charge in [0.25, 0.3) is 0 Å². The Bertz CT molecular complexity index is 292. The molecule has 0 fully saturated rings. The van der Waals surface area contributed by atoms with Crippen molar-refractivity contribution in [1.82, 2.24) is 0 Å². The molecule has 0 aliphatic heterocycles. The lowest BCUT2D eigenvalue weighted by molar-refractivity contribution is 1.34. The van der Waals surface area contributed by atoms with Gasteiger partial charge in [-0.15, -0.1) is 0 Å². The van der Waals surface area contributed by atoms with E-state index in [4.69, 9.17) is 0 Å². The summed E-state index contributed by atoms with van der Waals surface area (Å²) >= 11 is 14.7. The van der Waals surface area contributed by atoms with Gasteiger partial charge in [-0.05, 0) is 153 Å². The van der Waals surface area contributed by atoms with Crippen LogP contribution in [0.4, 0.5) is 0 Å². The number of halogens is 6. The minimum Gasteiger partial charge on any atom is -0.0615 e. The van der Waals surface area contributed by atoms with Gasteiger partial charge in [-0.1, -0.05) is 18.2 Å². The van der Waals surface area contributed by atoms with Gasteiger partial charge in [-0.3, -0.25) is 0 Å². The number of benzene rings is 1. The van der Waals surface area contributed by atoms with Crippen molar-refractivity contribution in [3.05, 3.63) is 35.4 Å². The highest BCUT2D eigenvalue weighted by Gasteiger charge is 2.25. The molecule has 1 rings (SSSR count). The molecule has 0 amide bonds. The Morgan fingerprint density at radius 1 is 0.714 bits per heavy atom. The van der Waals surface area contributed by atoms with Crippen molar-refractivity contribution in [2.24, 2.45) is 0 Å². The maximum atomic E-state index is 2.45. The molecule has 0 saturated carbocycles. The summed E-state index contributed by atoms with van der Waals surface area (Å²) in [5.41, 5.74) is 2.73. The average molecular weight is 862 g/mol. The van der Waals surface area contributed by atoms with Gasteiger partial charge in [-0.25, -0.2) is 0 Å². The van der Waals surface area contributed by atoms with Crippen molar-refractivity contribution < 1.29 is 0 Å². The normalized spacial score (nSPS) is 13.0. The van der Waals surface area contributed by atoms with E-state index in [1.807, 2.05) is 0 Å². The summed E-state index contributed by atoms with van der Waals surface area (Å²) in [4.78, 5) is 0. The zero-order chi connectivity index (χ0) is 11.0. The third kappa shape index (κ3) is 5.07. The Labute approximate surface area is 166 Å². The fraction of sp³-hybridized carbons (Fsp3) is 0.250. The van der Waals surface area contributed by atoms with Crippen molar-refractivity contribution >= 4 is 136 Å². The predicted molar refractivity (Wildman–Crippen MR) is 114 cm³/mol. The first-order valence-electron chi connectivity index (χ1n) is 3.46. The van der Waals surface area contributed by atoms with E-state index < -0.39 is 0 Å². The van der Waals surface area contributed by atoms with Crippen LogP contribution in [0.1, 0.15) is 11.1 Å². The van der Waals surface area contributed by atoms with Crippen molar-refractivity contribution in [1.29, 1.82) is 0 Å². The summed E-state index contributed by atoms with van der Waals surface area (Å²) in [5.74, 6) is 0. The Morgan fingerprint density at radius 2 is 1.07 bits per heavy atom. The Morgan fingerprint density at radius 3 is 1.36 bits per heavy atom. The molecule has 0 saturated heterocycles. The minimum atomic E-state index is 0.151. The second-order valence-electron chi connectivity index (χ2n) is 2.58. The van der Waals surface area contributed by atoms with Crippen molar-refractivity contribution in [2.75, 3.05) is 0 Å². The molecular formula is C8H4I6. The van der Waals surface area contributed by atoms with Crippen LogP contribution in [0.3, 0.4) is 0 Å². The summed E-state index contributed by atoms with van der Waals surface area (Å²) in [6.07, 6.45) is 0. The van der Waals surface area contributed by atoms with Crippen LogP contribution in [0.2, 0.25) is 0 Å². The molecule has 0 atom stereocenters. The fourth-order valence-electron chi connectivity index (χ4n) is 0.872. The minimum absolute atomic E-state index is 0.151. The van der Waals surface area contributed by atoms with E-state index in [9.17, 15) is 0 Å². The van der Waals surface area contributed by atoms with Crippen molar-refractivity contribution in [2.45, 2.75) is -1.13 Å². The smallest absolute Gasteiger partial charge is 0.0615 e. The van der Waals surface area contributed by atoms with Gasteiger partial charge in [0.05, 0.1) is 0 Å². The summed E-state index contributed by atoms with van der Waals surface area (Å²) in [6.45, 7) is 0. The third-order valence-corrected chi connectivity index (χ3v) is 5.25. The highest BCUT2D eigenvalue weighted by molar-refractivity contribution is 14.3. The van der Waals surface area contributed by atoms with Crippen LogP contribution in [0.15, 0.2) is 24.3 Å². The van der Waals surface area contributed by atoms with Gasteiger partial charge in [0.2, 0.25) is 0 Å². The molecular weight excluding hydrogens is 858 g/mol. The molecule has 0 aliphatic carbocycles. The van der Waals surface area contributed by atoms with E-state index in [0.29, 0.717) is 0 Å². The molecule has 78 valence electrons. The fourth-order valence-corrected chi connectivity index (χ4v) is 2.88. The molecule has 0 radical (unpaired) electrons. The van der Waals surface area contributed by atoms with E-state index >= 15 is 0 Å². The van der Waals surface area contributed by atoms with Crippen molar-refractivity contribution in [3.63, 3.8) is 0 Å². The Hall–Kier alpha value is 3.60. The molecule has 0 spiro atoms. The van der Waals surface area contributed by atoms with Crippen LogP contribution in [-0.2, 0) is -1.13 Å². The maximum absolute atomic E-state index is 2.45. The second-order valence-corrected chi connectivity index (χ2v) is 24.7. The average Bonchev–Trinajstić information content (AvgIpc) is 2.01. The molecule has 1 aromatic rings. The summed E-state index contributed by atoms with van der Waals surface area (Å²) in [6, 6.07) is 8.80. The molecule has 0 aliphatic rings. The van der Waals surface area contributed by atoms with Gasteiger partial charge in [0, 0.05) is 0 Å². The maximum Gasteiger partial charge on any atom is 0.149 e. The number of rotatable bonds is 2. The molecule has 0 N–H and O–H groups in total. The van der Waals surface area contributed by atoms with E-state index in [2.05, 4.69) is 160 Å². The van der Waals surface area contributed by atoms with Gasteiger partial charge >= 0.3 is 0 Å². The summed E-state index contributed by atoms with van der Waals surface area (Å²) < 4.78 is 0.302. The SMILES string of the molecule is IC(I)(I)c1cccc(C(I)(I)I)c1. The first kappa shape index (κ1) is 15.7. The largest absolute Gasteiger partial charge is 0.149 e. The molecule has 6 heteroatoms. The first-order valence-corrected chi connectivity index (χ1v) is 9.93. The van der Waals surface area contributed by atoms with Crippen molar-refractivity contribution in [3.8, 4) is 0 Å². The quantitative estimate of drug-likeness (QED) is 0.235. The summed E-state index contributed by atoms with van der Waals surface area (Å²) in [5, 5.41) is 0. The van der Waals surface area contributed by atoms with Gasteiger partial charge < -0.3 is 0 Å². The van der Waals surface area contributed by atoms with Crippen LogP contribution >= 0.6 is 136 Å². The molecule has 1 aromatic carbocycles. The van der Waals surface area contributed by atoms with Crippen LogP contribution in [-0.4, -0.2) is 0 Å². The number of hydrogen-bond donors (Lipinski definition) is 0. The van der Waals surface area contributed by atoms with Crippen LogP contribution in [0.5, 0.6) is 0 Å². The topological polar surface area (TPSA) is 0 Å². The van der Waals surface area contributed by atoms with Crippen LogP contribution in [0, 0.1) is 0 Å². The van der Waals surface area contributed by atoms with Gasteiger partial charge in [0.1, 0.15) is -1.13 Å². The van der Waals surface area contributed by atoms with E-state index in [1.165, 1.54) is 11.1 Å². The predicted octanol–water partition coefficient (Wildman–Crippen LogP) is 6.52. The van der Waals surface area contributed by atoms with Gasteiger partial charge in [-0.2, -0.15) is 0 Å².